The van der Waals surface area contributed by atoms with E-state index in [-0.39, 0.29) is 12.6 Å². The quantitative estimate of drug-likeness (QED) is 0.752. The van der Waals surface area contributed by atoms with Crippen molar-refractivity contribution < 1.29 is 17.9 Å². The fraction of sp³-hybridized carbons (Fsp3) is 0.444. The van der Waals surface area contributed by atoms with E-state index in [2.05, 4.69) is 15.7 Å². The molecule has 0 aliphatic carbocycles. The number of nitrogens with one attached hydrogen (secondary N) is 2. The van der Waals surface area contributed by atoms with Gasteiger partial charge in [-0.3, -0.25) is 4.68 Å². The summed E-state index contributed by atoms with van der Waals surface area (Å²) in [4.78, 5) is 0. The molecule has 1 saturated heterocycles. The molecule has 0 radical (unpaired) electrons. The van der Waals surface area contributed by atoms with Crippen LogP contribution in [0.3, 0.4) is 0 Å². The fourth-order valence-electron chi connectivity index (χ4n) is 2.92. The van der Waals surface area contributed by atoms with Gasteiger partial charge in [-0.25, -0.2) is 0 Å². The molecule has 1 aliphatic rings. The van der Waals surface area contributed by atoms with E-state index in [9.17, 15) is 13.2 Å². The number of anilines is 1. The summed E-state index contributed by atoms with van der Waals surface area (Å²) in [5, 5.41) is 10.9. The van der Waals surface area contributed by atoms with Crippen LogP contribution in [-0.2, 0) is 17.5 Å². The van der Waals surface area contributed by atoms with Gasteiger partial charge in [0.25, 0.3) is 0 Å². The monoisotopic (exact) mass is 398 g/mol. The van der Waals surface area contributed by atoms with E-state index in [1.807, 2.05) is 6.92 Å². The molecule has 2 N–H and O–H groups in total. The zero-order valence-electron chi connectivity index (χ0n) is 14.8. The molecule has 1 aromatic heterocycles. The van der Waals surface area contributed by atoms with Crippen molar-refractivity contribution >= 4 is 23.1 Å². The second-order valence-corrected chi connectivity index (χ2v) is 6.91. The number of hydrogen-bond acceptors (Lipinski definition) is 3. The Morgan fingerprint density at radius 2 is 2.19 bits per heavy atom. The van der Waals surface area contributed by atoms with Gasteiger partial charge in [0, 0.05) is 24.9 Å². The number of aromatic nitrogens is 2. The van der Waals surface area contributed by atoms with Crippen LogP contribution in [-0.4, -0.2) is 34.1 Å². The lowest BCUT2D eigenvalue weighted by atomic mass is 10.1. The van der Waals surface area contributed by atoms with Gasteiger partial charge < -0.3 is 15.4 Å². The van der Waals surface area contributed by atoms with Crippen molar-refractivity contribution in [3.8, 4) is 0 Å². The van der Waals surface area contributed by atoms with Crippen molar-refractivity contribution in [3.05, 3.63) is 47.2 Å². The Kier molecular flexibility index (Phi) is 6.01. The van der Waals surface area contributed by atoms with E-state index in [0.29, 0.717) is 23.0 Å². The SMILES string of the molecule is Cc1cc(NC(=S)NCC2CCCO2)nn1Cc1cccc(C(F)(F)F)c1. The van der Waals surface area contributed by atoms with Crippen molar-refractivity contribution in [2.45, 2.75) is 38.6 Å². The molecule has 0 saturated carbocycles. The highest BCUT2D eigenvalue weighted by Crippen LogP contribution is 2.29. The number of hydrogen-bond donors (Lipinski definition) is 2. The Hall–Kier alpha value is -2.13. The second-order valence-electron chi connectivity index (χ2n) is 6.50. The average molecular weight is 398 g/mol. The Balaban J connectivity index is 1.60. The summed E-state index contributed by atoms with van der Waals surface area (Å²) in [6.45, 7) is 3.50. The Bertz CT molecular complexity index is 800. The lowest BCUT2D eigenvalue weighted by Crippen LogP contribution is -2.34. The number of rotatable bonds is 5. The van der Waals surface area contributed by atoms with E-state index < -0.39 is 11.7 Å². The summed E-state index contributed by atoms with van der Waals surface area (Å²) in [6.07, 6.45) is -2.11. The maximum Gasteiger partial charge on any atom is 0.416 e. The third kappa shape index (κ3) is 5.43. The molecule has 0 bridgehead atoms. The van der Waals surface area contributed by atoms with E-state index >= 15 is 0 Å². The first kappa shape index (κ1) is 19.6. The highest BCUT2D eigenvalue weighted by atomic mass is 32.1. The molecule has 27 heavy (non-hydrogen) atoms. The number of halogens is 3. The molecule has 1 aliphatic heterocycles. The van der Waals surface area contributed by atoms with Crippen LogP contribution >= 0.6 is 12.2 Å². The van der Waals surface area contributed by atoms with Crippen LogP contribution in [0.4, 0.5) is 19.0 Å². The summed E-state index contributed by atoms with van der Waals surface area (Å²) in [5.74, 6) is 0.546. The number of benzene rings is 1. The van der Waals surface area contributed by atoms with Gasteiger partial charge in [0.2, 0.25) is 0 Å². The highest BCUT2D eigenvalue weighted by molar-refractivity contribution is 7.80. The predicted octanol–water partition coefficient (Wildman–Crippen LogP) is 3.72. The summed E-state index contributed by atoms with van der Waals surface area (Å²) < 4.78 is 45.7. The molecule has 1 unspecified atom stereocenters. The van der Waals surface area contributed by atoms with Crippen LogP contribution in [0, 0.1) is 6.92 Å². The highest BCUT2D eigenvalue weighted by Gasteiger charge is 2.30. The normalized spacial score (nSPS) is 17.1. The smallest absolute Gasteiger partial charge is 0.376 e. The second kappa shape index (κ2) is 8.26. The first-order chi connectivity index (χ1) is 12.8. The van der Waals surface area contributed by atoms with Crippen LogP contribution in [0.25, 0.3) is 0 Å². The number of thiocarbonyl (C=S) groups is 1. The molecular weight excluding hydrogens is 377 g/mol. The molecule has 1 fully saturated rings. The van der Waals surface area contributed by atoms with Crippen LogP contribution in [0.15, 0.2) is 30.3 Å². The minimum atomic E-state index is -4.36. The van der Waals surface area contributed by atoms with Gasteiger partial charge in [-0.2, -0.15) is 18.3 Å². The van der Waals surface area contributed by atoms with Gasteiger partial charge in [-0.1, -0.05) is 12.1 Å². The molecular formula is C18H21F3N4OS. The van der Waals surface area contributed by atoms with Gasteiger partial charge in [-0.15, -0.1) is 0 Å². The lowest BCUT2D eigenvalue weighted by Gasteiger charge is -2.12. The Labute approximate surface area is 160 Å². The molecule has 3 rings (SSSR count). The van der Waals surface area contributed by atoms with Crippen LogP contribution in [0.5, 0.6) is 0 Å². The van der Waals surface area contributed by atoms with Gasteiger partial charge in [0.05, 0.1) is 18.2 Å². The molecule has 0 amide bonds. The number of nitrogens with zero attached hydrogens (tertiary/aromatic N) is 2. The minimum Gasteiger partial charge on any atom is -0.376 e. The van der Waals surface area contributed by atoms with Crippen LogP contribution < -0.4 is 10.6 Å². The summed E-state index contributed by atoms with van der Waals surface area (Å²) in [7, 11) is 0. The third-order valence-corrected chi connectivity index (χ3v) is 4.57. The molecule has 0 spiro atoms. The van der Waals surface area contributed by atoms with Crippen LogP contribution in [0.2, 0.25) is 0 Å². The Morgan fingerprint density at radius 3 is 2.89 bits per heavy atom. The zero-order valence-corrected chi connectivity index (χ0v) is 15.7. The van der Waals surface area contributed by atoms with Gasteiger partial charge in [0.1, 0.15) is 0 Å². The predicted molar refractivity (Wildman–Crippen MR) is 101 cm³/mol. The van der Waals surface area contributed by atoms with Crippen LogP contribution in [0.1, 0.15) is 29.7 Å². The third-order valence-electron chi connectivity index (χ3n) is 4.32. The van der Waals surface area contributed by atoms with Gasteiger partial charge >= 0.3 is 6.18 Å². The maximum atomic E-state index is 12.9. The minimum absolute atomic E-state index is 0.171. The summed E-state index contributed by atoms with van der Waals surface area (Å²) >= 11 is 5.26. The van der Waals surface area contributed by atoms with E-state index in [0.717, 1.165) is 37.3 Å². The lowest BCUT2D eigenvalue weighted by molar-refractivity contribution is -0.137. The van der Waals surface area contributed by atoms with Crippen molar-refractivity contribution in [2.75, 3.05) is 18.5 Å². The largest absolute Gasteiger partial charge is 0.416 e. The first-order valence-electron chi connectivity index (χ1n) is 8.68. The van der Waals surface area contributed by atoms with E-state index in [1.54, 1.807) is 16.8 Å². The molecule has 1 aromatic carbocycles. The average Bonchev–Trinajstić information content (AvgIpc) is 3.23. The van der Waals surface area contributed by atoms with Crippen molar-refractivity contribution in [2.24, 2.45) is 0 Å². The summed E-state index contributed by atoms with van der Waals surface area (Å²) in [6, 6.07) is 7.05. The van der Waals surface area contributed by atoms with Gasteiger partial charge in [0.15, 0.2) is 10.9 Å². The first-order valence-corrected chi connectivity index (χ1v) is 9.09. The fourth-order valence-corrected chi connectivity index (χ4v) is 3.11. The molecule has 2 heterocycles. The molecule has 9 heteroatoms. The van der Waals surface area contributed by atoms with Crippen molar-refractivity contribution in [1.29, 1.82) is 0 Å². The standard InChI is InChI=1S/C18H21F3N4OS/c1-12-8-16(23-17(27)22-10-15-6-3-7-26-15)24-25(12)11-13-4-2-5-14(9-13)18(19,20)21/h2,4-5,8-9,15H,3,6-7,10-11H2,1H3,(H2,22,23,24,27). The van der Waals surface area contributed by atoms with Crippen molar-refractivity contribution in [3.63, 3.8) is 0 Å². The van der Waals surface area contributed by atoms with Gasteiger partial charge in [-0.05, 0) is 49.7 Å². The van der Waals surface area contributed by atoms with Crippen molar-refractivity contribution in [1.82, 2.24) is 15.1 Å². The number of alkyl halides is 3. The topological polar surface area (TPSA) is 51.1 Å². The summed E-state index contributed by atoms with van der Waals surface area (Å²) in [5.41, 5.74) is 0.682. The molecule has 5 nitrogen and oxygen atoms in total. The molecule has 1 atom stereocenters. The molecule has 146 valence electrons. The van der Waals surface area contributed by atoms with E-state index in [4.69, 9.17) is 17.0 Å². The maximum absolute atomic E-state index is 12.9. The number of ether oxygens (including phenoxy) is 1. The number of aryl methyl sites for hydroxylation is 1. The molecule has 2 aromatic rings. The van der Waals surface area contributed by atoms with E-state index in [1.165, 1.54) is 6.07 Å². The zero-order chi connectivity index (χ0) is 19.4. The Morgan fingerprint density at radius 1 is 1.37 bits per heavy atom.